The SMILES string of the molecule is O=S(=O)(O)OCCS(=O)(=O)c1ccc(/N=N/c2c(O)c(/N=N/c3cc(S(=O)(=O)O)c4cccc(S(=O)(=O)O)c4c3)c(O)c(/N=N/c3ccc(S(=O)(=O)CCOS(=O)(=O)O)cc3S(=O)(=O)O)c2O)c(S(=O)(=O)O)c1. The molecule has 0 aliphatic rings. The van der Waals surface area contributed by atoms with Crippen molar-refractivity contribution >= 4 is 126 Å². The third-order valence-corrected chi connectivity index (χ3v) is 16.7. The van der Waals surface area contributed by atoms with Gasteiger partial charge in [-0.2, -0.15) is 55.6 Å². The number of hydrogen-bond donors (Lipinski definition) is 9. The van der Waals surface area contributed by atoms with Crippen LogP contribution in [0.1, 0.15) is 0 Å². The van der Waals surface area contributed by atoms with Gasteiger partial charge < -0.3 is 15.3 Å². The van der Waals surface area contributed by atoms with Crippen LogP contribution in [0, 0.1) is 0 Å². The molecule has 9 N–H and O–H groups in total. The number of fused-ring (bicyclic) bond motifs is 1. The van der Waals surface area contributed by atoms with Gasteiger partial charge >= 0.3 is 20.8 Å². The molecule has 0 saturated heterocycles. The van der Waals surface area contributed by atoms with Crippen LogP contribution in [0.2, 0.25) is 0 Å². The van der Waals surface area contributed by atoms with Crippen LogP contribution in [0.4, 0.5) is 34.1 Å². The third kappa shape index (κ3) is 14.3. The largest absolute Gasteiger partial charge is 0.504 e. The van der Waals surface area contributed by atoms with Crippen molar-refractivity contribution < 1.29 is 118 Å². The number of aromatic hydroxyl groups is 3. The lowest BCUT2D eigenvalue weighted by Crippen LogP contribution is -2.16. The molecule has 0 unspecified atom stereocenters. The van der Waals surface area contributed by atoms with Crippen molar-refractivity contribution in [2.75, 3.05) is 24.7 Å². The van der Waals surface area contributed by atoms with Crippen LogP contribution in [0.15, 0.2) is 127 Å². The van der Waals surface area contributed by atoms with E-state index in [0.717, 1.165) is 24.3 Å². The number of rotatable bonds is 20. The van der Waals surface area contributed by atoms with Gasteiger partial charge in [0.15, 0.2) is 54.0 Å². The third-order valence-electron chi connectivity index (χ3n) is 8.89. The first-order valence-electron chi connectivity index (χ1n) is 18.2. The van der Waals surface area contributed by atoms with Crippen LogP contribution < -0.4 is 0 Å². The highest BCUT2D eigenvalue weighted by molar-refractivity contribution is 7.92. The second-order valence-electron chi connectivity index (χ2n) is 13.8. The molecule has 73 heavy (non-hydrogen) atoms. The highest BCUT2D eigenvalue weighted by Gasteiger charge is 2.29. The maximum absolute atomic E-state index is 12.8. The zero-order valence-electron chi connectivity index (χ0n) is 35.0. The molecule has 5 rings (SSSR count). The van der Waals surface area contributed by atoms with Gasteiger partial charge in [0.25, 0.3) is 40.5 Å². The molecule has 0 fully saturated rings. The minimum Gasteiger partial charge on any atom is -0.504 e. The summed E-state index contributed by atoms with van der Waals surface area (Å²) in [7, 11) is -41.3. The van der Waals surface area contributed by atoms with E-state index in [1.807, 2.05) is 0 Å². The van der Waals surface area contributed by atoms with Gasteiger partial charge in [-0.05, 0) is 54.6 Å². The summed E-state index contributed by atoms with van der Waals surface area (Å²) in [5, 5.41) is 53.7. The molecule has 33 nitrogen and oxygen atoms in total. The van der Waals surface area contributed by atoms with Crippen molar-refractivity contribution in [3.8, 4) is 17.2 Å². The number of phenolic OH excluding ortho intramolecular Hbond substituents is 3. The first-order valence-corrected chi connectivity index (χ1v) is 30.0. The predicted octanol–water partition coefficient (Wildman–Crippen LogP) is 3.38. The molecule has 0 aromatic heterocycles. The molecule has 0 heterocycles. The van der Waals surface area contributed by atoms with Gasteiger partial charge in [-0.25, -0.2) is 25.2 Å². The Labute approximate surface area is 410 Å². The Morgan fingerprint density at radius 3 is 1.11 bits per heavy atom. The quantitative estimate of drug-likeness (QED) is 0.0398. The molecule has 5 aromatic carbocycles. The topological polar surface area (TPSA) is 548 Å². The van der Waals surface area contributed by atoms with Crippen molar-refractivity contribution in [2.24, 2.45) is 30.7 Å². The number of benzene rings is 5. The van der Waals surface area contributed by atoms with Gasteiger partial charge in [-0.3, -0.25) is 27.3 Å². The van der Waals surface area contributed by atoms with Gasteiger partial charge in [0.05, 0.1) is 40.2 Å². The summed E-state index contributed by atoms with van der Waals surface area (Å²) in [6.07, 6.45) is 0. The highest BCUT2D eigenvalue weighted by Crippen LogP contribution is 2.57. The van der Waals surface area contributed by atoms with Crippen LogP contribution in [0.3, 0.4) is 0 Å². The molecule has 0 amide bonds. The zero-order chi connectivity index (χ0) is 55.1. The van der Waals surface area contributed by atoms with Gasteiger partial charge in [-0.1, -0.05) is 12.1 Å². The van der Waals surface area contributed by atoms with Gasteiger partial charge in [-0.15, -0.1) is 25.6 Å². The zero-order valence-corrected chi connectivity index (χ0v) is 41.5. The number of azo groups is 3. The molecular weight excluding hydrogens is 1160 g/mol. The van der Waals surface area contributed by atoms with Crippen molar-refractivity contribution in [3.05, 3.63) is 66.7 Å². The summed E-state index contributed by atoms with van der Waals surface area (Å²) in [5.41, 5.74) is -6.94. The number of sulfone groups is 2. The van der Waals surface area contributed by atoms with Crippen molar-refractivity contribution in [1.29, 1.82) is 0 Å². The average molecular weight is 1190 g/mol. The molecule has 0 spiro atoms. The average Bonchev–Trinajstić information content (AvgIpc) is 3.23. The monoisotopic (exact) mass is 1180 g/mol. The summed E-state index contributed by atoms with van der Waals surface area (Å²) in [4.78, 5) is -6.70. The molecule has 41 heteroatoms. The van der Waals surface area contributed by atoms with E-state index in [1.165, 1.54) is 0 Å². The molecule has 0 aliphatic heterocycles. The molecule has 0 bridgehead atoms. The first-order chi connectivity index (χ1) is 33.2. The van der Waals surface area contributed by atoms with Crippen LogP contribution in [0.25, 0.3) is 10.8 Å². The number of phenols is 3. The van der Waals surface area contributed by atoms with Crippen molar-refractivity contribution in [3.63, 3.8) is 0 Å². The Morgan fingerprint density at radius 2 is 0.753 bits per heavy atom. The number of hydrogen-bond acceptors (Lipinski definition) is 27. The summed E-state index contributed by atoms with van der Waals surface area (Å²) in [6, 6.07) is 6.87. The summed E-state index contributed by atoms with van der Waals surface area (Å²) < 4.78 is 259. The molecule has 0 atom stereocenters. The predicted molar refractivity (Wildman–Crippen MR) is 239 cm³/mol. The van der Waals surface area contributed by atoms with Crippen LogP contribution in [0.5, 0.6) is 17.2 Å². The number of nitrogens with zero attached hydrogens (tertiary/aromatic N) is 6. The lowest BCUT2D eigenvalue weighted by atomic mass is 10.1. The smallest absolute Gasteiger partial charge is 0.397 e. The minimum atomic E-state index is -5.55. The van der Waals surface area contributed by atoms with Crippen LogP contribution in [-0.2, 0) is 89.3 Å². The Kier molecular flexibility index (Phi) is 16.3. The molecule has 396 valence electrons. The first kappa shape index (κ1) is 57.7. The lowest BCUT2D eigenvalue weighted by Gasteiger charge is -2.11. The van der Waals surface area contributed by atoms with E-state index in [1.54, 1.807) is 0 Å². The van der Waals surface area contributed by atoms with E-state index in [-0.39, 0.29) is 12.1 Å². The lowest BCUT2D eigenvalue weighted by molar-refractivity contribution is 0.282. The fourth-order valence-corrected chi connectivity index (χ4v) is 11.7. The maximum Gasteiger partial charge on any atom is 0.397 e. The Bertz CT molecular complexity index is 3960. The molecular formula is C32H28N6O27S8. The van der Waals surface area contributed by atoms with Crippen molar-refractivity contribution in [1.82, 2.24) is 0 Å². The van der Waals surface area contributed by atoms with Gasteiger partial charge in [0.2, 0.25) is 0 Å². The van der Waals surface area contributed by atoms with E-state index in [9.17, 15) is 101 Å². The van der Waals surface area contributed by atoms with Crippen LogP contribution in [-0.4, -0.2) is 135 Å². The fraction of sp³-hybridized carbons (Fsp3) is 0.125. The summed E-state index contributed by atoms with van der Waals surface area (Å²) in [5.74, 6) is -7.15. The second-order valence-corrected chi connectivity index (χ2v) is 25.7. The Hall–Kier alpha value is -6.16. The Morgan fingerprint density at radius 1 is 0.384 bits per heavy atom. The minimum absolute atomic E-state index is 0.261. The van der Waals surface area contributed by atoms with E-state index in [0.29, 0.717) is 30.3 Å². The van der Waals surface area contributed by atoms with E-state index < -0.39 is 197 Å². The normalized spacial score (nSPS) is 13.7. The van der Waals surface area contributed by atoms with E-state index >= 15 is 0 Å². The Balaban J connectivity index is 1.76. The van der Waals surface area contributed by atoms with E-state index in [2.05, 4.69) is 39.1 Å². The standard InChI is InChI=1S/C32H28N6O27S8/c39-30-27(36-33-16-12-20-19(24(13-16)69(49,50)51)2-1-3-23(20)68(46,47)48)31(40)29(38-35-22-7-5-18(15-26(22)71(55,56)57)67(44,45)11-9-65-73(61,62)63)32(41)28(30)37-34-21-6-4-17(14-25(21)70(52,53)54)66(42,43)10-8-64-72(58,59)60/h1-7,12-15,39-41H,8-11H2,(H,46,47,48)(H,49,50,51)(H,52,53,54)(H,55,56,57)(H,58,59,60)(H,61,62,63)/b36-33+,37-34+,38-35+. The maximum atomic E-state index is 12.8. The molecule has 0 radical (unpaired) electrons. The van der Waals surface area contributed by atoms with Crippen molar-refractivity contribution in [2.45, 2.75) is 29.4 Å². The molecule has 0 saturated carbocycles. The molecule has 0 aliphatic carbocycles. The summed E-state index contributed by atoms with van der Waals surface area (Å²) >= 11 is 0. The van der Waals surface area contributed by atoms with Gasteiger partial charge in [0, 0.05) is 10.8 Å². The molecule has 5 aromatic rings. The summed E-state index contributed by atoms with van der Waals surface area (Å²) in [6.45, 7) is -2.39. The van der Waals surface area contributed by atoms with Gasteiger partial charge in [0.1, 0.15) is 31.0 Å². The highest BCUT2D eigenvalue weighted by atomic mass is 32.3. The fourth-order valence-electron chi connectivity index (χ4n) is 5.77. The van der Waals surface area contributed by atoms with E-state index in [4.69, 9.17) is 9.11 Å². The van der Waals surface area contributed by atoms with Crippen LogP contribution >= 0.6 is 0 Å². The second kappa shape index (κ2) is 20.6.